The van der Waals surface area contributed by atoms with Gasteiger partial charge in [-0.2, -0.15) is 9.41 Å². The average Bonchev–Trinajstić information content (AvgIpc) is 2.77. The Kier molecular flexibility index (Phi) is 7.65. The minimum Gasteiger partial charge on any atom is -0.321 e. The van der Waals surface area contributed by atoms with Crippen LogP contribution in [-0.4, -0.2) is 48.3 Å². The second-order valence-electron chi connectivity index (χ2n) is 7.17. The van der Waals surface area contributed by atoms with E-state index in [1.54, 1.807) is 13.8 Å². The molecule has 0 saturated carbocycles. The van der Waals surface area contributed by atoms with Crippen LogP contribution in [-0.2, 0) is 26.2 Å². The van der Waals surface area contributed by atoms with Crippen molar-refractivity contribution in [1.82, 2.24) is 9.31 Å². The lowest BCUT2D eigenvalue weighted by molar-refractivity contribution is -0.132. The summed E-state index contributed by atoms with van der Waals surface area (Å²) < 4.78 is 27.0. The fourth-order valence-electron chi connectivity index (χ4n) is 3.33. The Morgan fingerprint density at radius 2 is 1.81 bits per heavy atom. The SMILES string of the molecule is CCN(CC)S(=O)(=O)c1cc(NC(=O)C2=NN(Cc3ccccc3)C(=O)CC2)ccc1Cl. The number of amides is 2. The van der Waals surface area contributed by atoms with Gasteiger partial charge in [0.15, 0.2) is 0 Å². The Labute approximate surface area is 192 Å². The Hall–Kier alpha value is -2.75. The van der Waals surface area contributed by atoms with Gasteiger partial charge < -0.3 is 5.32 Å². The normalized spacial score (nSPS) is 14.4. The number of anilines is 1. The predicted molar refractivity (Wildman–Crippen MR) is 124 cm³/mol. The van der Waals surface area contributed by atoms with E-state index in [1.165, 1.54) is 27.5 Å². The number of carbonyl (C=O) groups excluding carboxylic acids is 2. The smallest absolute Gasteiger partial charge is 0.271 e. The van der Waals surface area contributed by atoms with E-state index in [0.717, 1.165) is 5.56 Å². The Balaban J connectivity index is 1.81. The standard InChI is InChI=1S/C22H25ClN4O4S/c1-3-26(4-2)32(30,31)20-14-17(10-11-18(20)23)24-22(29)19-12-13-21(28)27(25-19)15-16-8-6-5-7-9-16/h5-11,14H,3-4,12-13,15H2,1-2H3,(H,24,29). The molecule has 0 atom stereocenters. The zero-order valence-electron chi connectivity index (χ0n) is 17.9. The summed E-state index contributed by atoms with van der Waals surface area (Å²) in [5, 5.41) is 8.27. The molecule has 1 aliphatic rings. The van der Waals surface area contributed by atoms with Crippen molar-refractivity contribution in [3.05, 3.63) is 59.1 Å². The fraction of sp³-hybridized carbons (Fsp3) is 0.318. The molecule has 8 nitrogen and oxygen atoms in total. The van der Waals surface area contributed by atoms with Gasteiger partial charge in [0, 0.05) is 31.6 Å². The van der Waals surface area contributed by atoms with Crippen LogP contribution in [0.15, 0.2) is 58.5 Å². The molecule has 0 fully saturated rings. The zero-order valence-corrected chi connectivity index (χ0v) is 19.5. The molecule has 0 saturated heterocycles. The first-order valence-electron chi connectivity index (χ1n) is 10.3. The molecule has 1 heterocycles. The minimum absolute atomic E-state index is 0.0736. The Morgan fingerprint density at radius 3 is 2.47 bits per heavy atom. The second-order valence-corrected chi connectivity index (χ2v) is 9.49. The maximum atomic E-state index is 12.9. The van der Waals surface area contributed by atoms with Gasteiger partial charge in [-0.25, -0.2) is 13.4 Å². The van der Waals surface area contributed by atoms with Crippen molar-refractivity contribution < 1.29 is 18.0 Å². The van der Waals surface area contributed by atoms with Gasteiger partial charge in [0.1, 0.15) is 10.6 Å². The van der Waals surface area contributed by atoms with Gasteiger partial charge in [-0.3, -0.25) is 9.59 Å². The lowest BCUT2D eigenvalue weighted by Crippen LogP contribution is -2.36. The topological polar surface area (TPSA) is 99.2 Å². The van der Waals surface area contributed by atoms with E-state index in [1.807, 2.05) is 30.3 Å². The van der Waals surface area contributed by atoms with Crippen LogP contribution in [0.3, 0.4) is 0 Å². The summed E-state index contributed by atoms with van der Waals surface area (Å²) in [6.07, 6.45) is 0.370. The third-order valence-corrected chi connectivity index (χ3v) is 7.59. The first kappa shape index (κ1) is 23.9. The molecule has 0 aromatic heterocycles. The van der Waals surface area contributed by atoms with Crippen LogP contribution in [0.4, 0.5) is 5.69 Å². The van der Waals surface area contributed by atoms with E-state index in [9.17, 15) is 18.0 Å². The molecule has 1 N–H and O–H groups in total. The molecule has 2 aromatic rings. The van der Waals surface area contributed by atoms with Crippen LogP contribution >= 0.6 is 11.6 Å². The van der Waals surface area contributed by atoms with E-state index < -0.39 is 15.9 Å². The number of sulfonamides is 1. The molecular formula is C22H25ClN4O4S. The van der Waals surface area contributed by atoms with Crippen LogP contribution in [0.2, 0.25) is 5.02 Å². The lowest BCUT2D eigenvalue weighted by atomic mass is 10.1. The van der Waals surface area contributed by atoms with Crippen molar-refractivity contribution in [2.75, 3.05) is 18.4 Å². The number of nitrogens with zero attached hydrogens (tertiary/aromatic N) is 3. The van der Waals surface area contributed by atoms with E-state index in [0.29, 0.717) is 13.1 Å². The predicted octanol–water partition coefficient (Wildman–Crippen LogP) is 3.49. The van der Waals surface area contributed by atoms with Crippen molar-refractivity contribution in [3.63, 3.8) is 0 Å². The first-order chi connectivity index (χ1) is 15.3. The summed E-state index contributed by atoms with van der Waals surface area (Å²) in [7, 11) is -3.80. The van der Waals surface area contributed by atoms with Gasteiger partial charge >= 0.3 is 0 Å². The molecular weight excluding hydrogens is 452 g/mol. The number of hydrazone groups is 1. The highest BCUT2D eigenvalue weighted by molar-refractivity contribution is 7.89. The van der Waals surface area contributed by atoms with Gasteiger partial charge in [0.2, 0.25) is 15.9 Å². The molecule has 0 spiro atoms. The van der Waals surface area contributed by atoms with Crippen LogP contribution in [0, 0.1) is 0 Å². The first-order valence-corrected chi connectivity index (χ1v) is 12.1. The van der Waals surface area contributed by atoms with E-state index in [-0.39, 0.29) is 46.6 Å². The number of hydrogen-bond donors (Lipinski definition) is 1. The van der Waals surface area contributed by atoms with Crippen LogP contribution in [0.25, 0.3) is 0 Å². The highest BCUT2D eigenvalue weighted by Gasteiger charge is 2.27. The van der Waals surface area contributed by atoms with Crippen molar-refractivity contribution >= 4 is 44.8 Å². The number of carbonyl (C=O) groups is 2. The maximum Gasteiger partial charge on any atom is 0.271 e. The molecule has 1 aliphatic heterocycles. The fourth-order valence-corrected chi connectivity index (χ4v) is 5.29. The second kappa shape index (κ2) is 10.2. The van der Waals surface area contributed by atoms with Crippen LogP contribution in [0.5, 0.6) is 0 Å². The highest BCUT2D eigenvalue weighted by Crippen LogP contribution is 2.28. The highest BCUT2D eigenvalue weighted by atomic mass is 35.5. The molecule has 3 rings (SSSR count). The number of hydrogen-bond acceptors (Lipinski definition) is 5. The summed E-state index contributed by atoms with van der Waals surface area (Å²) in [5.41, 5.74) is 1.37. The molecule has 0 radical (unpaired) electrons. The summed E-state index contributed by atoms with van der Waals surface area (Å²) >= 11 is 6.15. The van der Waals surface area contributed by atoms with E-state index >= 15 is 0 Å². The van der Waals surface area contributed by atoms with Gasteiger partial charge in [0.25, 0.3) is 5.91 Å². The van der Waals surface area contributed by atoms with Crippen molar-refractivity contribution in [1.29, 1.82) is 0 Å². The zero-order chi connectivity index (χ0) is 23.3. The molecule has 2 amide bonds. The van der Waals surface area contributed by atoms with Gasteiger partial charge in [0.05, 0.1) is 11.6 Å². The molecule has 10 heteroatoms. The summed E-state index contributed by atoms with van der Waals surface area (Å²) in [5.74, 6) is -0.659. The number of halogens is 1. The number of nitrogens with one attached hydrogen (secondary N) is 1. The minimum atomic E-state index is -3.80. The third kappa shape index (κ3) is 5.35. The molecule has 32 heavy (non-hydrogen) atoms. The van der Waals surface area contributed by atoms with Crippen molar-refractivity contribution in [2.24, 2.45) is 5.10 Å². The van der Waals surface area contributed by atoms with Gasteiger partial charge in [-0.05, 0) is 23.8 Å². The van der Waals surface area contributed by atoms with Crippen molar-refractivity contribution in [2.45, 2.75) is 38.1 Å². The third-order valence-electron chi connectivity index (χ3n) is 5.05. The quantitative estimate of drug-likeness (QED) is 0.630. The van der Waals surface area contributed by atoms with Gasteiger partial charge in [-0.15, -0.1) is 0 Å². The molecule has 0 unspecified atom stereocenters. The van der Waals surface area contributed by atoms with E-state index in [2.05, 4.69) is 10.4 Å². The van der Waals surface area contributed by atoms with Crippen molar-refractivity contribution in [3.8, 4) is 0 Å². The lowest BCUT2D eigenvalue weighted by Gasteiger charge is -2.23. The Bertz CT molecular complexity index is 1130. The van der Waals surface area contributed by atoms with Crippen LogP contribution < -0.4 is 5.32 Å². The van der Waals surface area contributed by atoms with Crippen LogP contribution in [0.1, 0.15) is 32.3 Å². The summed E-state index contributed by atoms with van der Waals surface area (Å²) in [4.78, 5) is 25.0. The average molecular weight is 477 g/mol. The summed E-state index contributed by atoms with van der Waals surface area (Å²) in [6, 6.07) is 13.7. The maximum absolute atomic E-state index is 12.9. The molecule has 0 aliphatic carbocycles. The summed E-state index contributed by atoms with van der Waals surface area (Å²) in [6.45, 7) is 4.35. The molecule has 170 valence electrons. The number of benzene rings is 2. The largest absolute Gasteiger partial charge is 0.321 e. The Morgan fingerprint density at radius 1 is 1.12 bits per heavy atom. The molecule has 0 bridgehead atoms. The van der Waals surface area contributed by atoms with Gasteiger partial charge in [-0.1, -0.05) is 55.8 Å². The monoisotopic (exact) mass is 476 g/mol. The van der Waals surface area contributed by atoms with E-state index in [4.69, 9.17) is 11.6 Å². The molecule has 2 aromatic carbocycles. The number of rotatable bonds is 8.